The highest BCUT2D eigenvalue weighted by Crippen LogP contribution is 2.37. The van der Waals surface area contributed by atoms with Crippen molar-refractivity contribution in [2.45, 2.75) is 45.1 Å². The van der Waals surface area contributed by atoms with Gasteiger partial charge in [0.05, 0.1) is 11.6 Å². The summed E-state index contributed by atoms with van der Waals surface area (Å²) >= 11 is 0. The second-order valence-electron chi connectivity index (χ2n) is 8.52. The normalized spacial score (nSPS) is 24.0. The summed E-state index contributed by atoms with van der Waals surface area (Å²) < 4.78 is 26.8. The maximum Gasteiger partial charge on any atom is 0.265 e. The van der Waals surface area contributed by atoms with Gasteiger partial charge in [0.1, 0.15) is 5.78 Å². The van der Waals surface area contributed by atoms with E-state index in [0.717, 1.165) is 43.4 Å². The number of piperidine rings is 1. The van der Waals surface area contributed by atoms with Gasteiger partial charge in [0.25, 0.3) is 6.43 Å². The number of ketones is 1. The van der Waals surface area contributed by atoms with Crippen LogP contribution in [0.2, 0.25) is 0 Å². The van der Waals surface area contributed by atoms with Gasteiger partial charge in [0.2, 0.25) is 0 Å². The number of benzene rings is 1. The van der Waals surface area contributed by atoms with E-state index in [9.17, 15) is 13.6 Å². The van der Waals surface area contributed by atoms with Gasteiger partial charge in [-0.2, -0.15) is 0 Å². The molecular formula is C22H27F2N3O. The van der Waals surface area contributed by atoms with Crippen LogP contribution in [-0.4, -0.2) is 29.9 Å². The minimum atomic E-state index is -2.55. The standard InChI is InChI=1S/C22H27F2N3O/c1-13-9-14(10-19(28)20(25)15-4-5-15)12-27(11-13)18-7-6-17(22(23)24)21-16(18)3-2-8-26-21/h2-3,6-8,13-15,20,22H,4-5,9-12,25H2,1H3/t13-,14-,20?/m0/s1. The molecule has 1 saturated heterocycles. The first-order valence-electron chi connectivity index (χ1n) is 10.1. The van der Waals surface area contributed by atoms with Crippen molar-refractivity contribution in [1.29, 1.82) is 0 Å². The van der Waals surface area contributed by atoms with Crippen molar-refractivity contribution in [2.75, 3.05) is 18.0 Å². The largest absolute Gasteiger partial charge is 0.370 e. The molecule has 2 aromatic rings. The average molecular weight is 387 g/mol. The molecule has 0 radical (unpaired) electrons. The first-order valence-corrected chi connectivity index (χ1v) is 10.1. The third-order valence-corrected chi connectivity index (χ3v) is 6.09. The van der Waals surface area contributed by atoms with Crippen LogP contribution in [0.5, 0.6) is 0 Å². The summed E-state index contributed by atoms with van der Waals surface area (Å²) in [6.45, 7) is 3.77. The Morgan fingerprint density at radius 3 is 2.79 bits per heavy atom. The van der Waals surface area contributed by atoms with E-state index in [1.165, 1.54) is 6.07 Å². The van der Waals surface area contributed by atoms with Crippen LogP contribution in [0.3, 0.4) is 0 Å². The van der Waals surface area contributed by atoms with Gasteiger partial charge in [0, 0.05) is 42.3 Å². The number of fused-ring (bicyclic) bond motifs is 1. The zero-order valence-electron chi connectivity index (χ0n) is 16.2. The number of nitrogens with two attached hydrogens (primary N) is 1. The van der Waals surface area contributed by atoms with Crippen molar-refractivity contribution in [2.24, 2.45) is 23.5 Å². The van der Waals surface area contributed by atoms with Crippen molar-refractivity contribution >= 4 is 22.4 Å². The fraction of sp³-hybridized carbons (Fsp3) is 0.545. The lowest BCUT2D eigenvalue weighted by Gasteiger charge is -2.38. The molecule has 4 nitrogen and oxygen atoms in total. The Balaban J connectivity index is 1.58. The molecule has 2 heterocycles. The number of pyridine rings is 1. The number of carbonyl (C=O) groups excluding carboxylic acids is 1. The fourth-order valence-corrected chi connectivity index (χ4v) is 4.60. The Labute approximate surface area is 164 Å². The van der Waals surface area contributed by atoms with Gasteiger partial charge in [-0.3, -0.25) is 9.78 Å². The smallest absolute Gasteiger partial charge is 0.265 e. The second kappa shape index (κ2) is 7.74. The Bertz CT molecular complexity index is 868. The molecular weight excluding hydrogens is 360 g/mol. The first kappa shape index (κ1) is 19.2. The molecule has 1 unspecified atom stereocenters. The lowest BCUT2D eigenvalue weighted by molar-refractivity contribution is -0.121. The molecule has 1 aliphatic heterocycles. The van der Waals surface area contributed by atoms with Crippen molar-refractivity contribution < 1.29 is 13.6 Å². The average Bonchev–Trinajstić information content (AvgIpc) is 3.51. The van der Waals surface area contributed by atoms with Crippen molar-refractivity contribution in [1.82, 2.24) is 4.98 Å². The number of nitrogens with zero attached hydrogens (tertiary/aromatic N) is 2. The van der Waals surface area contributed by atoms with E-state index in [1.807, 2.05) is 6.07 Å². The Morgan fingerprint density at radius 2 is 2.07 bits per heavy atom. The maximum absolute atomic E-state index is 13.4. The van der Waals surface area contributed by atoms with Crippen LogP contribution in [0.25, 0.3) is 10.9 Å². The second-order valence-corrected chi connectivity index (χ2v) is 8.52. The topological polar surface area (TPSA) is 59.2 Å². The van der Waals surface area contributed by atoms with E-state index in [-0.39, 0.29) is 23.3 Å². The molecule has 0 bridgehead atoms. The van der Waals surface area contributed by atoms with Crippen LogP contribution in [0.1, 0.15) is 44.6 Å². The molecule has 2 aliphatic rings. The molecule has 2 N–H and O–H groups in total. The molecule has 1 aromatic carbocycles. The number of hydrogen-bond acceptors (Lipinski definition) is 4. The predicted molar refractivity (Wildman–Crippen MR) is 107 cm³/mol. The van der Waals surface area contributed by atoms with Gasteiger partial charge >= 0.3 is 0 Å². The fourth-order valence-electron chi connectivity index (χ4n) is 4.60. The van der Waals surface area contributed by atoms with Crippen LogP contribution in [0, 0.1) is 17.8 Å². The van der Waals surface area contributed by atoms with Gasteiger partial charge in [0.15, 0.2) is 0 Å². The minimum Gasteiger partial charge on any atom is -0.370 e. The Morgan fingerprint density at radius 1 is 1.29 bits per heavy atom. The zero-order chi connectivity index (χ0) is 19.8. The predicted octanol–water partition coefficient (Wildman–Crippen LogP) is 4.33. The van der Waals surface area contributed by atoms with E-state index in [0.29, 0.717) is 23.8 Å². The number of anilines is 1. The first-order chi connectivity index (χ1) is 13.4. The van der Waals surface area contributed by atoms with Crippen molar-refractivity contribution in [3.05, 3.63) is 36.0 Å². The van der Waals surface area contributed by atoms with Crippen molar-refractivity contribution in [3.63, 3.8) is 0 Å². The SMILES string of the molecule is C[C@H]1C[C@@H](CC(=O)C(N)C2CC2)CN(c2ccc(C(F)F)c3ncccc23)C1. The highest BCUT2D eigenvalue weighted by molar-refractivity contribution is 5.94. The monoisotopic (exact) mass is 387 g/mol. The molecule has 0 amide bonds. The molecule has 1 aliphatic carbocycles. The third-order valence-electron chi connectivity index (χ3n) is 6.09. The Hall–Kier alpha value is -2.08. The number of alkyl halides is 2. The van der Waals surface area contributed by atoms with Crippen LogP contribution in [0.4, 0.5) is 14.5 Å². The quantitative estimate of drug-likeness (QED) is 0.801. The van der Waals surface area contributed by atoms with Crippen molar-refractivity contribution in [3.8, 4) is 0 Å². The number of hydrogen-bond donors (Lipinski definition) is 1. The zero-order valence-corrected chi connectivity index (χ0v) is 16.2. The summed E-state index contributed by atoms with van der Waals surface area (Å²) in [4.78, 5) is 19.0. The molecule has 1 aromatic heterocycles. The maximum atomic E-state index is 13.4. The molecule has 6 heteroatoms. The van der Waals surface area contributed by atoms with E-state index in [4.69, 9.17) is 5.73 Å². The lowest BCUT2D eigenvalue weighted by Crippen LogP contribution is -2.42. The molecule has 3 atom stereocenters. The molecule has 2 fully saturated rings. The number of halogens is 2. The summed E-state index contributed by atoms with van der Waals surface area (Å²) in [5, 5.41) is 0.745. The van der Waals surface area contributed by atoms with Crippen LogP contribution in [0.15, 0.2) is 30.5 Å². The lowest BCUT2D eigenvalue weighted by atomic mass is 9.85. The van der Waals surface area contributed by atoms with E-state index >= 15 is 0 Å². The number of aromatic nitrogens is 1. The minimum absolute atomic E-state index is 0.0356. The van der Waals surface area contributed by atoms with Crippen LogP contribution < -0.4 is 10.6 Å². The van der Waals surface area contributed by atoms with Gasteiger partial charge in [-0.1, -0.05) is 6.92 Å². The highest BCUT2D eigenvalue weighted by Gasteiger charge is 2.35. The van der Waals surface area contributed by atoms with E-state index in [1.54, 1.807) is 18.3 Å². The van der Waals surface area contributed by atoms with Gasteiger partial charge in [-0.25, -0.2) is 8.78 Å². The number of rotatable bonds is 6. The molecule has 0 spiro atoms. The van der Waals surface area contributed by atoms with E-state index < -0.39 is 6.43 Å². The van der Waals surface area contributed by atoms with Crippen LogP contribution >= 0.6 is 0 Å². The third kappa shape index (κ3) is 3.88. The molecule has 150 valence electrons. The number of carbonyl (C=O) groups is 1. The molecule has 28 heavy (non-hydrogen) atoms. The van der Waals surface area contributed by atoms with Gasteiger partial charge in [-0.15, -0.1) is 0 Å². The summed E-state index contributed by atoms with van der Waals surface area (Å²) in [7, 11) is 0. The summed E-state index contributed by atoms with van der Waals surface area (Å²) in [5.74, 6) is 1.20. The summed E-state index contributed by atoms with van der Waals surface area (Å²) in [5.41, 5.74) is 7.34. The van der Waals surface area contributed by atoms with Gasteiger partial charge in [-0.05, 0) is 61.3 Å². The van der Waals surface area contributed by atoms with Gasteiger partial charge < -0.3 is 10.6 Å². The van der Waals surface area contributed by atoms with E-state index in [2.05, 4.69) is 16.8 Å². The van der Waals surface area contributed by atoms with Crippen LogP contribution in [-0.2, 0) is 4.79 Å². The molecule has 1 saturated carbocycles. The summed E-state index contributed by atoms with van der Waals surface area (Å²) in [6.07, 6.45) is 2.62. The summed E-state index contributed by atoms with van der Waals surface area (Å²) in [6, 6.07) is 6.58. The highest BCUT2D eigenvalue weighted by atomic mass is 19.3. The number of Topliss-reactive ketones (excluding diaryl/α,β-unsaturated/α-hetero) is 1. The molecule has 4 rings (SSSR count). The Kier molecular flexibility index (Phi) is 5.32.